The molecule has 0 saturated carbocycles. The highest BCUT2D eigenvalue weighted by Gasteiger charge is 2.52. The molecule has 2 unspecified atom stereocenters. The summed E-state index contributed by atoms with van der Waals surface area (Å²) in [6.45, 7) is 14.2. The summed E-state index contributed by atoms with van der Waals surface area (Å²) in [4.78, 5) is 58.2. The highest BCUT2D eigenvalue weighted by Crippen LogP contribution is 2.44. The molecule has 3 aliphatic rings. The second-order valence-electron chi connectivity index (χ2n) is 16.1. The van der Waals surface area contributed by atoms with Crippen molar-refractivity contribution in [2.75, 3.05) is 53.2 Å². The first-order chi connectivity index (χ1) is 28.3. The molecule has 3 aromatic rings. The number of nitriles is 1. The summed E-state index contributed by atoms with van der Waals surface area (Å²) in [5.74, 6) is -0.516. The number of anilines is 4. The fourth-order valence-corrected chi connectivity index (χ4v) is 9.05. The Labute approximate surface area is 353 Å². The zero-order valence-electron chi connectivity index (χ0n) is 34.5. The van der Waals surface area contributed by atoms with Gasteiger partial charge in [0.1, 0.15) is 23.9 Å². The molecule has 3 aliphatic heterocycles. The Morgan fingerprint density at radius 3 is 2.38 bits per heavy atom. The summed E-state index contributed by atoms with van der Waals surface area (Å²) >= 11 is 4.76. The standard InChI is InChI=1S/C43H51F3N8O5S/c1-7-28-18-33(54-41(60)53(40(58)42(54,5)6)32-12-11-29(21-47)34(20-32)43(44,45)46)17-25(2)38(28)59-16-15-51-22-26(3)52(27(4)23-51)24-37(56)49-31-10-8-9-30(19-31)48-35-13-14-36(55)50-39(35)57/h8-12,17-20,26-27,35,41,48,60H,7,13-16,22-24H2,1-6H3,(H,49,56)(H,50,55,57)/t26-,27+,35?,41?. The third-order valence-corrected chi connectivity index (χ3v) is 11.9. The third kappa shape index (κ3) is 9.35. The van der Waals surface area contributed by atoms with E-state index in [1.54, 1.807) is 49.1 Å². The molecule has 3 fully saturated rings. The number of benzene rings is 3. The molecule has 3 N–H and O–H groups in total. The van der Waals surface area contributed by atoms with E-state index in [1.807, 2.05) is 26.0 Å². The van der Waals surface area contributed by atoms with Crippen molar-refractivity contribution < 1.29 is 37.1 Å². The van der Waals surface area contributed by atoms with Crippen LogP contribution >= 0.6 is 12.6 Å². The van der Waals surface area contributed by atoms with Crippen LogP contribution in [0.1, 0.15) is 69.7 Å². The van der Waals surface area contributed by atoms with Gasteiger partial charge in [-0.25, -0.2) is 0 Å². The number of thiol groups is 1. The number of ether oxygens (including phenoxy) is 1. The third-order valence-electron chi connectivity index (χ3n) is 11.4. The number of nitrogens with zero attached hydrogens (tertiary/aromatic N) is 5. The summed E-state index contributed by atoms with van der Waals surface area (Å²) in [6, 6.07) is 15.4. The number of imide groups is 1. The van der Waals surface area contributed by atoms with Crippen molar-refractivity contribution in [3.8, 4) is 11.8 Å². The number of carbonyl (C=O) groups is 4. The molecule has 0 spiro atoms. The van der Waals surface area contributed by atoms with Gasteiger partial charge in [-0.2, -0.15) is 18.4 Å². The first-order valence-corrected chi connectivity index (χ1v) is 20.5. The van der Waals surface area contributed by atoms with Crippen molar-refractivity contribution in [1.29, 1.82) is 5.26 Å². The Balaban J connectivity index is 1.05. The first kappa shape index (κ1) is 44.2. The van der Waals surface area contributed by atoms with Crippen molar-refractivity contribution in [2.45, 2.75) is 96.1 Å². The zero-order valence-corrected chi connectivity index (χ0v) is 35.4. The number of piperidine rings is 1. The van der Waals surface area contributed by atoms with Gasteiger partial charge in [0, 0.05) is 60.9 Å². The average Bonchev–Trinajstić information content (AvgIpc) is 3.36. The van der Waals surface area contributed by atoms with E-state index in [1.165, 1.54) is 11.0 Å². The van der Waals surface area contributed by atoms with E-state index in [0.29, 0.717) is 43.1 Å². The Kier molecular flexibility index (Phi) is 13.1. The van der Waals surface area contributed by atoms with Gasteiger partial charge in [-0.15, -0.1) is 12.6 Å². The molecular formula is C43H51F3N8O5S. The number of hydrogen-bond acceptors (Lipinski definition) is 11. The van der Waals surface area contributed by atoms with E-state index in [-0.39, 0.29) is 48.5 Å². The Morgan fingerprint density at radius 2 is 1.73 bits per heavy atom. The molecule has 4 amide bonds. The minimum Gasteiger partial charge on any atom is -0.492 e. The van der Waals surface area contributed by atoms with Crippen LogP contribution in [0.15, 0.2) is 54.6 Å². The molecule has 6 rings (SSSR count). The second kappa shape index (κ2) is 17.7. The number of nitrogens with one attached hydrogen (secondary N) is 3. The monoisotopic (exact) mass is 848 g/mol. The Bertz CT molecular complexity index is 2180. The molecule has 4 atom stereocenters. The molecule has 17 heteroatoms. The molecule has 60 heavy (non-hydrogen) atoms. The lowest BCUT2D eigenvalue weighted by Crippen LogP contribution is -2.58. The van der Waals surface area contributed by atoms with Crippen LogP contribution < -0.4 is 30.5 Å². The zero-order chi connectivity index (χ0) is 43.7. The summed E-state index contributed by atoms with van der Waals surface area (Å²) < 4.78 is 48.0. The number of halogens is 3. The summed E-state index contributed by atoms with van der Waals surface area (Å²) in [7, 11) is 0. The van der Waals surface area contributed by atoms with Gasteiger partial charge in [-0.05, 0) is 107 Å². The first-order valence-electron chi connectivity index (χ1n) is 20.0. The van der Waals surface area contributed by atoms with Crippen molar-refractivity contribution in [2.24, 2.45) is 0 Å². The van der Waals surface area contributed by atoms with E-state index in [9.17, 15) is 37.6 Å². The Morgan fingerprint density at radius 1 is 1.03 bits per heavy atom. The van der Waals surface area contributed by atoms with Gasteiger partial charge < -0.3 is 20.3 Å². The maximum Gasteiger partial charge on any atom is 0.417 e. The number of piperazine rings is 1. The van der Waals surface area contributed by atoms with Crippen molar-refractivity contribution in [1.82, 2.24) is 15.1 Å². The van der Waals surface area contributed by atoms with Gasteiger partial charge in [-0.3, -0.25) is 39.2 Å². The SMILES string of the molecule is CCc1cc(N2C(S)N(c3ccc(C#N)c(C(F)(F)F)c3)C(=O)C2(C)C)cc(C)c1OCCN1C[C@@H](C)N(CC(=O)Nc2cccc(NC3CCC(=O)NC3=O)c2)[C@@H](C)C1. The highest BCUT2D eigenvalue weighted by atomic mass is 32.1. The normalized spacial score (nSPS) is 22.4. The molecule has 0 radical (unpaired) electrons. The highest BCUT2D eigenvalue weighted by molar-refractivity contribution is 7.81. The summed E-state index contributed by atoms with van der Waals surface area (Å²) in [5, 5.41) is 17.7. The number of rotatable bonds is 12. The number of amides is 4. The molecule has 320 valence electrons. The largest absolute Gasteiger partial charge is 0.492 e. The van der Waals surface area contributed by atoms with Gasteiger partial charge in [-0.1, -0.05) is 13.0 Å². The van der Waals surface area contributed by atoms with Gasteiger partial charge in [0.2, 0.25) is 17.7 Å². The van der Waals surface area contributed by atoms with E-state index < -0.39 is 40.3 Å². The van der Waals surface area contributed by atoms with Gasteiger partial charge >= 0.3 is 6.18 Å². The predicted octanol–water partition coefficient (Wildman–Crippen LogP) is 5.92. The maximum absolute atomic E-state index is 13.8. The van der Waals surface area contributed by atoms with E-state index in [0.717, 1.165) is 42.1 Å². The van der Waals surface area contributed by atoms with Crippen LogP contribution in [0.3, 0.4) is 0 Å². The smallest absolute Gasteiger partial charge is 0.417 e. The van der Waals surface area contributed by atoms with Crippen molar-refractivity contribution >= 4 is 59.0 Å². The van der Waals surface area contributed by atoms with Crippen LogP contribution in [0.4, 0.5) is 35.9 Å². The molecule has 3 aromatic carbocycles. The van der Waals surface area contributed by atoms with Crippen LogP contribution in [0.2, 0.25) is 0 Å². The molecule has 0 aliphatic carbocycles. The number of alkyl halides is 3. The molecule has 0 bridgehead atoms. The molecule has 13 nitrogen and oxygen atoms in total. The van der Waals surface area contributed by atoms with Crippen LogP contribution in [-0.4, -0.2) is 95.4 Å². The number of hydrogen-bond donors (Lipinski definition) is 4. The lowest BCUT2D eigenvalue weighted by Gasteiger charge is -2.44. The number of carbonyl (C=O) groups excluding carboxylic acids is 4. The minimum absolute atomic E-state index is 0.00843. The lowest BCUT2D eigenvalue weighted by atomic mass is 10.00. The van der Waals surface area contributed by atoms with Gasteiger partial charge in [0.15, 0.2) is 5.50 Å². The van der Waals surface area contributed by atoms with Gasteiger partial charge in [0.25, 0.3) is 5.91 Å². The predicted molar refractivity (Wildman–Crippen MR) is 226 cm³/mol. The summed E-state index contributed by atoms with van der Waals surface area (Å²) in [6.07, 6.45) is -3.51. The van der Waals surface area contributed by atoms with Crippen LogP contribution in [0.25, 0.3) is 0 Å². The average molecular weight is 849 g/mol. The van der Waals surface area contributed by atoms with Gasteiger partial charge in [0.05, 0.1) is 23.7 Å². The van der Waals surface area contributed by atoms with Crippen molar-refractivity contribution in [3.63, 3.8) is 0 Å². The summed E-state index contributed by atoms with van der Waals surface area (Å²) in [5.41, 5.74) is -0.0993. The fraction of sp³-hybridized carbons (Fsp3) is 0.465. The molecular weight excluding hydrogens is 798 g/mol. The van der Waals surface area contributed by atoms with E-state index in [2.05, 4.69) is 39.6 Å². The molecule has 3 saturated heterocycles. The molecule has 0 aromatic heterocycles. The van der Waals surface area contributed by atoms with E-state index in [4.69, 9.17) is 17.4 Å². The minimum atomic E-state index is -4.78. The van der Waals surface area contributed by atoms with E-state index >= 15 is 0 Å². The molecule has 3 heterocycles. The topological polar surface area (TPSA) is 150 Å². The Hall–Kier alpha value is -5.31. The van der Waals surface area contributed by atoms with Crippen LogP contribution in [-0.2, 0) is 31.8 Å². The maximum atomic E-state index is 13.8. The van der Waals surface area contributed by atoms with Crippen LogP contribution in [0, 0.1) is 18.3 Å². The lowest BCUT2D eigenvalue weighted by molar-refractivity contribution is -0.138. The van der Waals surface area contributed by atoms with Crippen LogP contribution in [0.5, 0.6) is 5.75 Å². The van der Waals surface area contributed by atoms with Crippen molar-refractivity contribution in [3.05, 3.63) is 76.9 Å². The fourth-order valence-electron chi connectivity index (χ4n) is 8.38. The number of aryl methyl sites for hydroxylation is 2. The quantitative estimate of drug-likeness (QED) is 0.128. The second-order valence-corrected chi connectivity index (χ2v) is 16.6.